The monoisotopic (exact) mass is 399 g/mol. The highest BCUT2D eigenvalue weighted by Crippen LogP contribution is 2.34. The van der Waals surface area contributed by atoms with Gasteiger partial charge in [-0.05, 0) is 57.5 Å². The summed E-state index contributed by atoms with van der Waals surface area (Å²) in [6.07, 6.45) is -2.00. The number of rotatable bonds is 5. The second-order valence-corrected chi connectivity index (χ2v) is 8.37. The Morgan fingerprint density at radius 3 is 2.36 bits per heavy atom. The van der Waals surface area contributed by atoms with Gasteiger partial charge in [0.1, 0.15) is 0 Å². The van der Waals surface area contributed by atoms with Crippen LogP contribution in [0.15, 0.2) is 24.3 Å². The first-order valence-electron chi connectivity index (χ1n) is 10.1. The van der Waals surface area contributed by atoms with Crippen molar-refractivity contribution in [2.24, 2.45) is 0 Å². The Morgan fingerprint density at radius 2 is 1.82 bits per heavy atom. The van der Waals surface area contributed by atoms with E-state index in [1.165, 1.54) is 12.1 Å². The van der Waals surface area contributed by atoms with Gasteiger partial charge in [-0.1, -0.05) is 12.1 Å². The van der Waals surface area contributed by atoms with Crippen LogP contribution in [0.2, 0.25) is 0 Å². The molecule has 0 bridgehead atoms. The van der Waals surface area contributed by atoms with Crippen LogP contribution in [0.4, 0.5) is 13.2 Å². The third-order valence-electron chi connectivity index (χ3n) is 6.47. The van der Waals surface area contributed by atoms with Crippen molar-refractivity contribution in [3.63, 3.8) is 0 Å². The minimum Gasteiger partial charge on any atom is -0.383 e. The van der Waals surface area contributed by atoms with Crippen LogP contribution >= 0.6 is 0 Å². The van der Waals surface area contributed by atoms with Crippen molar-refractivity contribution in [2.45, 2.75) is 50.5 Å². The Kier molecular flexibility index (Phi) is 6.69. The van der Waals surface area contributed by atoms with Crippen LogP contribution < -0.4 is 5.32 Å². The summed E-state index contributed by atoms with van der Waals surface area (Å²) in [7, 11) is 1.65. The molecule has 0 aromatic heterocycles. The van der Waals surface area contributed by atoms with Gasteiger partial charge >= 0.3 is 6.18 Å². The van der Waals surface area contributed by atoms with E-state index in [1.54, 1.807) is 19.2 Å². The molecule has 2 saturated heterocycles. The summed E-state index contributed by atoms with van der Waals surface area (Å²) in [6.45, 7) is 9.99. The highest BCUT2D eigenvalue weighted by Gasteiger charge is 2.39. The van der Waals surface area contributed by atoms with Crippen molar-refractivity contribution in [1.29, 1.82) is 0 Å². The Hall–Kier alpha value is -1.15. The molecule has 28 heavy (non-hydrogen) atoms. The molecule has 7 heteroatoms. The summed E-state index contributed by atoms with van der Waals surface area (Å²) in [5.41, 5.74) is 0.504. The maximum absolute atomic E-state index is 12.9. The topological polar surface area (TPSA) is 27.7 Å². The molecule has 1 aromatic carbocycles. The number of piperidine rings is 1. The lowest BCUT2D eigenvalue weighted by Crippen LogP contribution is -2.62. The zero-order valence-electron chi connectivity index (χ0n) is 17.1. The van der Waals surface area contributed by atoms with Crippen LogP contribution in [0, 0.1) is 0 Å². The summed E-state index contributed by atoms with van der Waals surface area (Å²) < 4.78 is 44.1. The van der Waals surface area contributed by atoms with Crippen LogP contribution in [0.25, 0.3) is 0 Å². The van der Waals surface area contributed by atoms with Gasteiger partial charge in [0.25, 0.3) is 0 Å². The Labute approximate surface area is 166 Å². The van der Waals surface area contributed by atoms with Crippen LogP contribution in [0.1, 0.15) is 43.9 Å². The molecule has 1 N–H and O–H groups in total. The molecule has 0 spiro atoms. The van der Waals surface area contributed by atoms with Gasteiger partial charge in [-0.2, -0.15) is 13.2 Å². The molecule has 4 nitrogen and oxygen atoms in total. The highest BCUT2D eigenvalue weighted by molar-refractivity contribution is 5.27. The van der Waals surface area contributed by atoms with Crippen LogP contribution in [-0.2, 0) is 10.9 Å². The van der Waals surface area contributed by atoms with Crippen LogP contribution in [-0.4, -0.2) is 67.8 Å². The van der Waals surface area contributed by atoms with Gasteiger partial charge in [-0.25, -0.2) is 0 Å². The number of piperazine rings is 1. The van der Waals surface area contributed by atoms with E-state index >= 15 is 0 Å². The van der Waals surface area contributed by atoms with E-state index in [0.717, 1.165) is 51.1 Å². The van der Waals surface area contributed by atoms with E-state index in [0.29, 0.717) is 12.6 Å². The molecule has 1 unspecified atom stereocenters. The quantitative estimate of drug-likeness (QED) is 0.820. The number of hydrogen-bond acceptors (Lipinski definition) is 4. The van der Waals surface area contributed by atoms with E-state index < -0.39 is 11.7 Å². The molecular weight excluding hydrogens is 367 g/mol. The molecule has 3 rings (SSSR count). The first-order chi connectivity index (χ1) is 13.2. The number of nitrogens with zero attached hydrogens (tertiary/aromatic N) is 2. The third kappa shape index (κ3) is 4.70. The Morgan fingerprint density at radius 1 is 1.18 bits per heavy atom. The molecule has 0 amide bonds. The van der Waals surface area contributed by atoms with Gasteiger partial charge < -0.3 is 10.1 Å². The average molecular weight is 400 g/mol. The molecule has 0 aliphatic carbocycles. The van der Waals surface area contributed by atoms with E-state index in [-0.39, 0.29) is 11.6 Å². The lowest BCUT2D eigenvalue weighted by atomic mass is 9.87. The number of nitrogens with one attached hydrogen (secondary N) is 1. The van der Waals surface area contributed by atoms with E-state index in [1.807, 2.05) is 0 Å². The molecule has 0 radical (unpaired) electrons. The molecule has 1 aromatic rings. The van der Waals surface area contributed by atoms with Crippen molar-refractivity contribution in [3.05, 3.63) is 35.4 Å². The summed E-state index contributed by atoms with van der Waals surface area (Å²) in [5, 5.41) is 3.44. The van der Waals surface area contributed by atoms with Crippen molar-refractivity contribution in [2.75, 3.05) is 46.4 Å². The Bertz CT molecular complexity index is 629. The number of hydrogen-bond donors (Lipinski definition) is 1. The number of ether oxygens (including phenoxy) is 1. The average Bonchev–Trinajstić information content (AvgIpc) is 2.66. The molecule has 158 valence electrons. The molecule has 2 aliphatic heterocycles. The van der Waals surface area contributed by atoms with Crippen molar-refractivity contribution >= 4 is 0 Å². The minimum atomic E-state index is -4.31. The largest absolute Gasteiger partial charge is 0.416 e. The summed E-state index contributed by atoms with van der Waals surface area (Å²) in [4.78, 5) is 4.98. The fraction of sp³-hybridized carbons (Fsp3) is 0.714. The zero-order chi connectivity index (χ0) is 20.4. The minimum absolute atomic E-state index is 0.0368. The third-order valence-corrected chi connectivity index (χ3v) is 6.47. The summed E-state index contributed by atoms with van der Waals surface area (Å²) in [5.74, 6) is 0. The van der Waals surface area contributed by atoms with Gasteiger partial charge in [0.2, 0.25) is 0 Å². The number of benzene rings is 1. The summed E-state index contributed by atoms with van der Waals surface area (Å²) >= 11 is 0. The van der Waals surface area contributed by atoms with E-state index in [4.69, 9.17) is 4.74 Å². The van der Waals surface area contributed by atoms with E-state index in [9.17, 15) is 13.2 Å². The number of halogens is 3. The van der Waals surface area contributed by atoms with Gasteiger partial charge in [0, 0.05) is 38.3 Å². The zero-order valence-corrected chi connectivity index (χ0v) is 17.1. The van der Waals surface area contributed by atoms with Gasteiger partial charge in [-0.15, -0.1) is 0 Å². The van der Waals surface area contributed by atoms with E-state index in [2.05, 4.69) is 29.0 Å². The standard InChI is InChI=1S/C21H32F3N3O/c1-16-14-26(20(2)8-10-25-11-9-20)12-13-27(16)19(15-28-3)17-4-6-18(7-5-17)21(22,23)24/h4-7,16,19,25H,8-15H2,1-3H3/t16?,19-/m0/s1. The fourth-order valence-corrected chi connectivity index (χ4v) is 4.64. The molecule has 2 fully saturated rings. The first kappa shape index (κ1) is 21.6. The van der Waals surface area contributed by atoms with Crippen LogP contribution in [0.3, 0.4) is 0 Å². The predicted molar refractivity (Wildman–Crippen MR) is 104 cm³/mol. The smallest absolute Gasteiger partial charge is 0.383 e. The normalized spacial score (nSPS) is 25.6. The summed E-state index contributed by atoms with van der Waals surface area (Å²) in [6, 6.07) is 5.82. The molecule has 2 heterocycles. The van der Waals surface area contributed by atoms with Gasteiger partial charge in [-0.3, -0.25) is 9.80 Å². The van der Waals surface area contributed by atoms with Crippen LogP contribution in [0.5, 0.6) is 0 Å². The lowest BCUT2D eigenvalue weighted by Gasteiger charge is -2.51. The maximum Gasteiger partial charge on any atom is 0.416 e. The second-order valence-electron chi connectivity index (χ2n) is 8.37. The maximum atomic E-state index is 12.9. The fourth-order valence-electron chi connectivity index (χ4n) is 4.64. The number of alkyl halides is 3. The molecular formula is C21H32F3N3O. The first-order valence-corrected chi connectivity index (χ1v) is 10.1. The van der Waals surface area contributed by atoms with Gasteiger partial charge in [0.15, 0.2) is 0 Å². The van der Waals surface area contributed by atoms with Crippen molar-refractivity contribution in [1.82, 2.24) is 15.1 Å². The number of methoxy groups -OCH3 is 1. The van der Waals surface area contributed by atoms with Gasteiger partial charge in [0.05, 0.1) is 18.2 Å². The molecule has 2 aliphatic rings. The SMILES string of the molecule is COC[C@@H](c1ccc(C(F)(F)F)cc1)N1CCN(C2(C)CCNCC2)CC1C. The highest BCUT2D eigenvalue weighted by atomic mass is 19.4. The molecule has 0 saturated carbocycles. The van der Waals surface area contributed by atoms with Crippen molar-refractivity contribution in [3.8, 4) is 0 Å². The Balaban J connectivity index is 1.72. The second kappa shape index (κ2) is 8.69. The predicted octanol–water partition coefficient (Wildman–Crippen LogP) is 3.54. The lowest BCUT2D eigenvalue weighted by molar-refractivity contribution is -0.137. The van der Waals surface area contributed by atoms with Crippen molar-refractivity contribution < 1.29 is 17.9 Å². The molecule has 2 atom stereocenters.